The maximum Gasteiger partial charge on any atom is 0.126 e. The molecule has 0 saturated carbocycles. The van der Waals surface area contributed by atoms with Gasteiger partial charge in [-0.15, -0.1) is 0 Å². The molecule has 1 aromatic carbocycles. The average Bonchev–Trinajstić information content (AvgIpc) is 2.67. The molecule has 1 heterocycles. The van der Waals surface area contributed by atoms with Crippen LogP contribution in [0.1, 0.15) is 48.2 Å². The van der Waals surface area contributed by atoms with Crippen molar-refractivity contribution in [2.75, 3.05) is 6.61 Å². The Bertz CT molecular complexity index is 494. The first kappa shape index (κ1) is 13.0. The number of halogens is 2. The molecule has 1 unspecified atom stereocenters. The molecule has 0 N–H and O–H groups in total. The Morgan fingerprint density at radius 2 is 2.11 bits per heavy atom. The van der Waals surface area contributed by atoms with Crippen molar-refractivity contribution in [3.05, 3.63) is 27.2 Å². The molecule has 0 bridgehead atoms. The minimum absolute atomic E-state index is 0.387. The molecule has 1 aromatic rings. The predicted molar refractivity (Wildman–Crippen MR) is 81.7 cm³/mol. The maximum atomic E-state index is 5.88. The second-order valence-corrected chi connectivity index (χ2v) is 8.13. The molecule has 0 fully saturated rings. The topological polar surface area (TPSA) is 9.23 Å². The third-order valence-electron chi connectivity index (χ3n) is 4.16. The van der Waals surface area contributed by atoms with Crippen LogP contribution in [0, 0.1) is 5.41 Å². The molecule has 1 atom stereocenters. The van der Waals surface area contributed by atoms with Gasteiger partial charge in [-0.3, -0.25) is 0 Å². The van der Waals surface area contributed by atoms with Crippen molar-refractivity contribution in [1.82, 2.24) is 0 Å². The molecule has 0 aromatic heterocycles. The first-order chi connectivity index (χ1) is 8.48. The van der Waals surface area contributed by atoms with Gasteiger partial charge in [0.15, 0.2) is 0 Å². The molecule has 1 aliphatic heterocycles. The molecule has 2 aliphatic rings. The van der Waals surface area contributed by atoms with Gasteiger partial charge in [0.05, 0.1) is 6.61 Å². The fraction of sp³-hybridized carbons (Fsp3) is 0.600. The van der Waals surface area contributed by atoms with Crippen LogP contribution in [0.4, 0.5) is 0 Å². The van der Waals surface area contributed by atoms with E-state index in [0.29, 0.717) is 10.2 Å². The second kappa shape index (κ2) is 4.52. The van der Waals surface area contributed by atoms with Crippen molar-refractivity contribution >= 4 is 31.9 Å². The Labute approximate surface area is 126 Å². The minimum Gasteiger partial charge on any atom is -0.493 e. The van der Waals surface area contributed by atoms with E-state index in [-0.39, 0.29) is 0 Å². The van der Waals surface area contributed by atoms with Crippen LogP contribution >= 0.6 is 31.9 Å². The van der Waals surface area contributed by atoms with E-state index >= 15 is 0 Å². The zero-order chi connectivity index (χ0) is 12.9. The molecule has 0 saturated heterocycles. The largest absolute Gasteiger partial charge is 0.493 e. The van der Waals surface area contributed by atoms with Crippen molar-refractivity contribution in [1.29, 1.82) is 0 Å². The first-order valence-corrected chi connectivity index (χ1v) is 8.30. The van der Waals surface area contributed by atoms with Crippen LogP contribution in [0.25, 0.3) is 0 Å². The fourth-order valence-corrected chi connectivity index (χ4v) is 5.62. The standard InChI is InChI=1S/C15H18Br2O/c1-15(2)5-3-10-13(12(17)8-15)11(16)7-9-4-6-18-14(9)10/h7,12H,3-6,8H2,1-2H3. The monoisotopic (exact) mass is 372 g/mol. The minimum atomic E-state index is 0.387. The summed E-state index contributed by atoms with van der Waals surface area (Å²) >= 11 is 7.65. The van der Waals surface area contributed by atoms with E-state index in [4.69, 9.17) is 4.74 Å². The van der Waals surface area contributed by atoms with E-state index in [1.807, 2.05) is 0 Å². The van der Waals surface area contributed by atoms with Crippen LogP contribution in [-0.4, -0.2) is 6.61 Å². The summed E-state index contributed by atoms with van der Waals surface area (Å²) in [5.74, 6) is 1.18. The zero-order valence-corrected chi connectivity index (χ0v) is 14.0. The molecular formula is C15H18Br2O. The summed E-state index contributed by atoms with van der Waals surface area (Å²) < 4.78 is 7.13. The van der Waals surface area contributed by atoms with Gasteiger partial charge < -0.3 is 4.74 Å². The highest BCUT2D eigenvalue weighted by Gasteiger charge is 2.33. The van der Waals surface area contributed by atoms with Gasteiger partial charge in [0.2, 0.25) is 0 Å². The lowest BCUT2D eigenvalue weighted by atomic mass is 9.84. The Morgan fingerprint density at radius 3 is 2.89 bits per heavy atom. The van der Waals surface area contributed by atoms with Gasteiger partial charge >= 0.3 is 0 Å². The smallest absolute Gasteiger partial charge is 0.126 e. The van der Waals surface area contributed by atoms with Gasteiger partial charge in [-0.25, -0.2) is 0 Å². The molecule has 3 heteroatoms. The van der Waals surface area contributed by atoms with Crippen LogP contribution in [-0.2, 0) is 12.8 Å². The average molecular weight is 374 g/mol. The van der Waals surface area contributed by atoms with E-state index < -0.39 is 0 Å². The van der Waals surface area contributed by atoms with E-state index in [2.05, 4.69) is 51.8 Å². The summed E-state index contributed by atoms with van der Waals surface area (Å²) in [4.78, 5) is 0.425. The summed E-state index contributed by atoms with van der Waals surface area (Å²) in [7, 11) is 0. The quantitative estimate of drug-likeness (QED) is 0.449. The van der Waals surface area contributed by atoms with E-state index in [1.165, 1.54) is 39.8 Å². The molecule has 1 aliphatic carbocycles. The van der Waals surface area contributed by atoms with Crippen molar-refractivity contribution in [3.63, 3.8) is 0 Å². The maximum absolute atomic E-state index is 5.88. The number of ether oxygens (including phenoxy) is 1. The van der Waals surface area contributed by atoms with Crippen molar-refractivity contribution in [2.24, 2.45) is 5.41 Å². The van der Waals surface area contributed by atoms with Crippen LogP contribution in [0.2, 0.25) is 0 Å². The Morgan fingerprint density at radius 1 is 1.33 bits per heavy atom. The summed E-state index contributed by atoms with van der Waals surface area (Å²) in [5, 5.41) is 0. The van der Waals surface area contributed by atoms with Gasteiger partial charge in [0, 0.05) is 15.7 Å². The van der Waals surface area contributed by atoms with Gasteiger partial charge in [-0.1, -0.05) is 45.7 Å². The molecule has 1 nitrogen and oxygen atoms in total. The normalized spacial score (nSPS) is 25.0. The Balaban J connectivity index is 2.15. The van der Waals surface area contributed by atoms with Crippen LogP contribution in [0.5, 0.6) is 5.75 Å². The highest BCUT2D eigenvalue weighted by Crippen LogP contribution is 2.50. The predicted octanol–water partition coefficient (Wildman–Crippen LogP) is 5.18. The lowest BCUT2D eigenvalue weighted by Gasteiger charge is -2.24. The number of hydrogen-bond donors (Lipinski definition) is 0. The number of rotatable bonds is 0. The lowest BCUT2D eigenvalue weighted by Crippen LogP contribution is -2.11. The van der Waals surface area contributed by atoms with Gasteiger partial charge in [-0.2, -0.15) is 0 Å². The van der Waals surface area contributed by atoms with Gasteiger partial charge in [0.25, 0.3) is 0 Å². The Kier molecular flexibility index (Phi) is 3.26. The summed E-state index contributed by atoms with van der Waals surface area (Å²) in [6, 6.07) is 2.26. The van der Waals surface area contributed by atoms with Crippen LogP contribution in [0.3, 0.4) is 0 Å². The SMILES string of the molecule is CC1(C)CCc2c3c(cc(Br)c2C(Br)C1)CCO3. The lowest BCUT2D eigenvalue weighted by molar-refractivity contribution is 0.314. The molecule has 0 radical (unpaired) electrons. The molecule has 0 spiro atoms. The summed E-state index contributed by atoms with van der Waals surface area (Å²) in [5.41, 5.74) is 4.61. The number of benzene rings is 1. The highest BCUT2D eigenvalue weighted by atomic mass is 79.9. The van der Waals surface area contributed by atoms with Crippen molar-refractivity contribution in [2.45, 2.75) is 44.4 Å². The first-order valence-electron chi connectivity index (χ1n) is 6.59. The van der Waals surface area contributed by atoms with E-state index in [9.17, 15) is 0 Å². The third-order valence-corrected chi connectivity index (χ3v) is 5.60. The summed E-state index contributed by atoms with van der Waals surface area (Å²) in [6.07, 6.45) is 4.59. The van der Waals surface area contributed by atoms with Gasteiger partial charge in [-0.05, 0) is 47.4 Å². The molecule has 18 heavy (non-hydrogen) atoms. The molecular weight excluding hydrogens is 356 g/mol. The van der Waals surface area contributed by atoms with Gasteiger partial charge in [0.1, 0.15) is 5.75 Å². The van der Waals surface area contributed by atoms with Crippen LogP contribution in [0.15, 0.2) is 10.5 Å². The van der Waals surface area contributed by atoms with Crippen LogP contribution < -0.4 is 4.74 Å². The van der Waals surface area contributed by atoms with E-state index in [0.717, 1.165) is 19.4 Å². The highest BCUT2D eigenvalue weighted by molar-refractivity contribution is 9.11. The molecule has 98 valence electrons. The number of fused-ring (bicyclic) bond motifs is 3. The molecule has 3 rings (SSSR count). The fourth-order valence-electron chi connectivity index (χ4n) is 3.12. The zero-order valence-electron chi connectivity index (χ0n) is 10.9. The third kappa shape index (κ3) is 2.14. The second-order valence-electron chi connectivity index (χ2n) is 6.17. The van der Waals surface area contributed by atoms with Crippen molar-refractivity contribution < 1.29 is 4.74 Å². The number of hydrogen-bond acceptors (Lipinski definition) is 1. The van der Waals surface area contributed by atoms with E-state index in [1.54, 1.807) is 0 Å². The Hall–Kier alpha value is -0.0200. The number of alkyl halides is 1. The summed E-state index contributed by atoms with van der Waals surface area (Å²) in [6.45, 7) is 5.57. The van der Waals surface area contributed by atoms with Crippen molar-refractivity contribution in [3.8, 4) is 5.75 Å². The molecule has 0 amide bonds.